The molecule has 0 atom stereocenters. The second kappa shape index (κ2) is 9.84. The van der Waals surface area contributed by atoms with Gasteiger partial charge in [0.1, 0.15) is 5.56 Å². The van der Waals surface area contributed by atoms with E-state index in [1.165, 1.54) is 22.6 Å². The molecule has 0 unspecified atom stereocenters. The molecule has 0 radical (unpaired) electrons. The minimum atomic E-state index is -3.72. The molecule has 1 aromatic heterocycles. The Morgan fingerprint density at radius 1 is 1.24 bits per heavy atom. The molecule has 7 nitrogen and oxygen atoms in total. The van der Waals surface area contributed by atoms with Crippen molar-refractivity contribution >= 4 is 26.8 Å². The molecule has 1 N–H and O–H groups in total. The van der Waals surface area contributed by atoms with E-state index in [-0.39, 0.29) is 15.8 Å². The highest BCUT2D eigenvalue weighted by atomic mass is 32.2. The highest BCUT2D eigenvalue weighted by Crippen LogP contribution is 2.21. The number of sulfonamides is 1. The van der Waals surface area contributed by atoms with Crippen LogP contribution in [-0.4, -0.2) is 42.8 Å². The van der Waals surface area contributed by atoms with Crippen LogP contribution in [0.4, 0.5) is 0 Å². The molecule has 29 heavy (non-hydrogen) atoms. The van der Waals surface area contributed by atoms with Crippen LogP contribution in [0, 0.1) is 0 Å². The zero-order valence-electron chi connectivity index (χ0n) is 17.3. The quantitative estimate of drug-likeness (QED) is 0.474. The van der Waals surface area contributed by atoms with Gasteiger partial charge in [-0.3, -0.25) is 9.59 Å². The predicted molar refractivity (Wildman–Crippen MR) is 116 cm³/mol. The number of unbranched alkanes of at least 4 members (excludes halogenated alkanes) is 1. The first-order chi connectivity index (χ1) is 13.8. The number of aromatic nitrogens is 1. The van der Waals surface area contributed by atoms with Crippen molar-refractivity contribution in [3.05, 3.63) is 52.8 Å². The summed E-state index contributed by atoms with van der Waals surface area (Å²) in [7, 11) is -3.72. The second-order valence-electron chi connectivity index (χ2n) is 6.69. The maximum absolute atomic E-state index is 13.0. The van der Waals surface area contributed by atoms with E-state index in [4.69, 9.17) is 0 Å². The zero-order valence-corrected chi connectivity index (χ0v) is 18.1. The van der Waals surface area contributed by atoms with Crippen LogP contribution in [0.15, 0.2) is 46.7 Å². The molecule has 1 amide bonds. The number of hydrogen-bond acceptors (Lipinski definition) is 4. The van der Waals surface area contributed by atoms with Gasteiger partial charge in [0.05, 0.1) is 10.4 Å². The first-order valence-corrected chi connectivity index (χ1v) is 11.3. The van der Waals surface area contributed by atoms with E-state index in [1.807, 2.05) is 6.92 Å². The van der Waals surface area contributed by atoms with Gasteiger partial charge < -0.3 is 9.88 Å². The van der Waals surface area contributed by atoms with Gasteiger partial charge in [-0.25, -0.2) is 8.42 Å². The largest absolute Gasteiger partial charge is 0.352 e. The Labute approximate surface area is 172 Å². The lowest BCUT2D eigenvalue weighted by Crippen LogP contribution is -2.31. The first-order valence-electron chi connectivity index (χ1n) is 9.88. The maximum atomic E-state index is 13.0. The molecule has 0 bridgehead atoms. The summed E-state index contributed by atoms with van der Waals surface area (Å²) in [6.45, 7) is 10.8. The number of amides is 1. The number of benzene rings is 1. The lowest BCUT2D eigenvalue weighted by atomic mass is 10.1. The van der Waals surface area contributed by atoms with Crippen molar-refractivity contribution in [3.8, 4) is 0 Å². The third-order valence-corrected chi connectivity index (χ3v) is 6.83. The number of carbonyl (C=O) groups excluding carboxylic acids is 1. The summed E-state index contributed by atoms with van der Waals surface area (Å²) in [5.41, 5.74) is 0.0669. The average molecular weight is 420 g/mol. The molecule has 8 heteroatoms. The number of nitrogens with zero attached hydrogens (tertiary/aromatic N) is 2. The van der Waals surface area contributed by atoms with Gasteiger partial charge in [0.15, 0.2) is 0 Å². The van der Waals surface area contributed by atoms with Crippen molar-refractivity contribution in [1.82, 2.24) is 14.2 Å². The van der Waals surface area contributed by atoms with Crippen molar-refractivity contribution in [2.24, 2.45) is 0 Å². The molecular formula is C21H29N3O4S. The number of nitrogens with one attached hydrogen (secondary N) is 1. The fourth-order valence-corrected chi connectivity index (χ4v) is 4.66. The lowest BCUT2D eigenvalue weighted by molar-refractivity contribution is 0.0951. The zero-order chi connectivity index (χ0) is 21.6. The summed E-state index contributed by atoms with van der Waals surface area (Å²) >= 11 is 0. The summed E-state index contributed by atoms with van der Waals surface area (Å²) in [6, 6.07) is 4.47. The number of pyridine rings is 1. The molecule has 2 aromatic rings. The third kappa shape index (κ3) is 4.76. The molecule has 0 aliphatic carbocycles. The van der Waals surface area contributed by atoms with Gasteiger partial charge in [-0.2, -0.15) is 4.31 Å². The monoisotopic (exact) mass is 419 g/mol. The van der Waals surface area contributed by atoms with Gasteiger partial charge in [0.2, 0.25) is 15.5 Å². The smallest absolute Gasteiger partial charge is 0.256 e. The Morgan fingerprint density at radius 3 is 2.52 bits per heavy atom. The molecule has 1 aromatic carbocycles. The van der Waals surface area contributed by atoms with E-state index in [1.54, 1.807) is 30.6 Å². The summed E-state index contributed by atoms with van der Waals surface area (Å²) in [5, 5.41) is 2.95. The number of fused-ring (bicyclic) bond motifs is 1. The fraction of sp³-hybridized carbons (Fsp3) is 0.429. The van der Waals surface area contributed by atoms with E-state index < -0.39 is 21.4 Å². The molecule has 158 valence electrons. The van der Waals surface area contributed by atoms with Gasteiger partial charge in [0, 0.05) is 37.8 Å². The van der Waals surface area contributed by atoms with E-state index in [0.717, 1.165) is 12.8 Å². The standard InChI is InChI=1S/C21H29N3O4S/c1-5-9-12-22-21(26)18-15-23(13-6-2)19-11-10-16(14-17(19)20(18)25)29(27,28)24(7-3)8-4/h6,10-11,14-15H,2,5,7-9,12-13H2,1,3-4H3,(H,22,26). The van der Waals surface area contributed by atoms with Gasteiger partial charge in [-0.15, -0.1) is 6.58 Å². The predicted octanol–water partition coefficient (Wildman–Crippen LogP) is 2.75. The van der Waals surface area contributed by atoms with E-state index >= 15 is 0 Å². The average Bonchev–Trinajstić information content (AvgIpc) is 2.70. The topological polar surface area (TPSA) is 88.5 Å². The Morgan fingerprint density at radius 2 is 1.93 bits per heavy atom. The van der Waals surface area contributed by atoms with Crippen molar-refractivity contribution in [3.63, 3.8) is 0 Å². The van der Waals surface area contributed by atoms with Crippen LogP contribution in [0.3, 0.4) is 0 Å². The Kier molecular flexibility index (Phi) is 7.75. The molecular weight excluding hydrogens is 390 g/mol. The Balaban J connectivity index is 2.67. The second-order valence-corrected chi connectivity index (χ2v) is 8.63. The van der Waals surface area contributed by atoms with Gasteiger partial charge >= 0.3 is 0 Å². The van der Waals surface area contributed by atoms with Crippen molar-refractivity contribution < 1.29 is 13.2 Å². The highest BCUT2D eigenvalue weighted by Gasteiger charge is 2.23. The fourth-order valence-electron chi connectivity index (χ4n) is 3.18. The normalized spacial score (nSPS) is 11.7. The third-order valence-electron chi connectivity index (χ3n) is 4.78. The molecule has 0 aliphatic heterocycles. The highest BCUT2D eigenvalue weighted by molar-refractivity contribution is 7.89. The Hall–Kier alpha value is -2.45. The van der Waals surface area contributed by atoms with Crippen molar-refractivity contribution in [2.75, 3.05) is 19.6 Å². The first kappa shape index (κ1) is 22.8. The molecule has 0 aliphatic rings. The number of rotatable bonds is 10. The van der Waals surface area contributed by atoms with Gasteiger partial charge in [-0.1, -0.05) is 33.3 Å². The molecule has 2 rings (SSSR count). The minimum Gasteiger partial charge on any atom is -0.352 e. The van der Waals surface area contributed by atoms with E-state index in [2.05, 4.69) is 11.9 Å². The molecule has 0 fully saturated rings. The summed E-state index contributed by atoms with van der Waals surface area (Å²) < 4.78 is 28.8. The number of allylic oxidation sites excluding steroid dienone is 1. The number of carbonyl (C=O) groups is 1. The van der Waals surface area contributed by atoms with E-state index in [9.17, 15) is 18.0 Å². The van der Waals surface area contributed by atoms with Crippen molar-refractivity contribution in [1.29, 1.82) is 0 Å². The van der Waals surface area contributed by atoms with Crippen LogP contribution in [0.25, 0.3) is 10.9 Å². The summed E-state index contributed by atoms with van der Waals surface area (Å²) in [6.07, 6.45) is 4.90. The SMILES string of the molecule is C=CCn1cc(C(=O)NCCCC)c(=O)c2cc(S(=O)(=O)N(CC)CC)ccc21. The molecule has 1 heterocycles. The van der Waals surface area contributed by atoms with Crippen LogP contribution in [0.5, 0.6) is 0 Å². The van der Waals surface area contributed by atoms with Crippen LogP contribution >= 0.6 is 0 Å². The van der Waals surface area contributed by atoms with Crippen LogP contribution in [-0.2, 0) is 16.6 Å². The molecule has 0 spiro atoms. The summed E-state index contributed by atoms with van der Waals surface area (Å²) in [5.74, 6) is -0.458. The van der Waals surface area contributed by atoms with Crippen LogP contribution in [0.1, 0.15) is 44.0 Å². The Bertz CT molecular complexity index is 1050. The lowest BCUT2D eigenvalue weighted by Gasteiger charge is -2.19. The van der Waals surface area contributed by atoms with Gasteiger partial charge in [0.25, 0.3) is 5.91 Å². The minimum absolute atomic E-state index is 0.00663. The van der Waals surface area contributed by atoms with Crippen LogP contribution in [0.2, 0.25) is 0 Å². The number of hydrogen-bond donors (Lipinski definition) is 1. The molecule has 0 saturated carbocycles. The van der Waals surface area contributed by atoms with E-state index in [0.29, 0.717) is 31.7 Å². The van der Waals surface area contributed by atoms with Gasteiger partial charge in [-0.05, 0) is 24.6 Å². The van der Waals surface area contributed by atoms with Crippen molar-refractivity contribution in [2.45, 2.75) is 45.1 Å². The van der Waals surface area contributed by atoms with Crippen LogP contribution < -0.4 is 10.7 Å². The summed E-state index contributed by atoms with van der Waals surface area (Å²) in [4.78, 5) is 25.6. The molecule has 0 saturated heterocycles. The maximum Gasteiger partial charge on any atom is 0.256 e.